The molecule has 0 aromatic rings. The number of nitrogens with zero attached hydrogens (tertiary/aromatic N) is 3. The lowest BCUT2D eigenvalue weighted by molar-refractivity contribution is 0.131. The fourth-order valence-electron chi connectivity index (χ4n) is 0.735. The Morgan fingerprint density at radius 1 is 1.42 bits per heavy atom. The first-order valence-corrected chi connectivity index (χ1v) is 4.15. The van der Waals surface area contributed by atoms with Crippen molar-refractivity contribution in [3.05, 3.63) is 10.4 Å². The van der Waals surface area contributed by atoms with Gasteiger partial charge < -0.3 is 10.1 Å². The Morgan fingerprint density at radius 2 is 2.17 bits per heavy atom. The number of hydrogen-bond acceptors (Lipinski definition) is 3. The van der Waals surface area contributed by atoms with Crippen molar-refractivity contribution in [2.24, 2.45) is 5.11 Å². The predicted octanol–water partition coefficient (Wildman–Crippen LogP) is 1.31. The van der Waals surface area contributed by atoms with Crippen molar-refractivity contribution in [1.82, 2.24) is 5.32 Å². The van der Waals surface area contributed by atoms with E-state index in [1.54, 1.807) is 0 Å². The molecule has 0 bridgehead atoms. The fraction of sp³-hybridized carbons (Fsp3) is 1.00. The number of hydrogen-bond donors (Lipinski definition) is 1. The average Bonchev–Trinajstić information content (AvgIpc) is 2.10. The maximum absolute atomic E-state index is 7.95. The molecule has 0 unspecified atom stereocenters. The van der Waals surface area contributed by atoms with E-state index in [4.69, 9.17) is 10.3 Å². The highest BCUT2D eigenvalue weighted by atomic mass is 16.5. The maximum atomic E-state index is 7.95. The summed E-state index contributed by atoms with van der Waals surface area (Å²) in [5.41, 5.74) is 7.95. The van der Waals surface area contributed by atoms with Crippen molar-refractivity contribution in [2.45, 2.75) is 12.8 Å². The molecule has 0 aromatic heterocycles. The van der Waals surface area contributed by atoms with E-state index in [9.17, 15) is 0 Å². The third-order valence-electron chi connectivity index (χ3n) is 1.33. The van der Waals surface area contributed by atoms with Crippen molar-refractivity contribution in [3.63, 3.8) is 0 Å². The van der Waals surface area contributed by atoms with Crippen LogP contribution < -0.4 is 5.32 Å². The molecule has 0 amide bonds. The minimum absolute atomic E-state index is 0.530. The second kappa shape index (κ2) is 10.2. The molecule has 0 spiro atoms. The van der Waals surface area contributed by atoms with Crippen LogP contribution in [0.2, 0.25) is 0 Å². The van der Waals surface area contributed by atoms with Crippen LogP contribution >= 0.6 is 0 Å². The second-order valence-electron chi connectivity index (χ2n) is 2.38. The average molecular weight is 172 g/mol. The molecule has 0 aromatic carbocycles. The van der Waals surface area contributed by atoms with Gasteiger partial charge in [-0.05, 0) is 32.0 Å². The first-order chi connectivity index (χ1) is 5.91. The Kier molecular flexibility index (Phi) is 9.57. The van der Waals surface area contributed by atoms with Crippen LogP contribution in [0.5, 0.6) is 0 Å². The zero-order chi connectivity index (χ0) is 9.07. The van der Waals surface area contributed by atoms with Gasteiger partial charge in [0.15, 0.2) is 0 Å². The molecule has 0 aliphatic carbocycles. The van der Waals surface area contributed by atoms with Crippen molar-refractivity contribution in [1.29, 1.82) is 0 Å². The third kappa shape index (κ3) is 9.23. The predicted molar refractivity (Wildman–Crippen MR) is 48.0 cm³/mol. The first kappa shape index (κ1) is 11.2. The molecule has 0 atom stereocenters. The Morgan fingerprint density at radius 3 is 2.83 bits per heavy atom. The summed E-state index contributed by atoms with van der Waals surface area (Å²) < 4.78 is 5.26. The van der Waals surface area contributed by atoms with Gasteiger partial charge in [0.2, 0.25) is 0 Å². The molecule has 70 valence electrons. The largest absolute Gasteiger partial charge is 0.381 e. The molecule has 0 heterocycles. The van der Waals surface area contributed by atoms with E-state index in [2.05, 4.69) is 15.3 Å². The molecule has 1 N–H and O–H groups in total. The molecule has 0 radical (unpaired) electrons. The standard InChI is InChI=1S/C7H16N4O/c1-9-4-2-6-12-7-3-5-10-11-8/h9H,2-7H2,1H3. The van der Waals surface area contributed by atoms with Crippen LogP contribution in [0.4, 0.5) is 0 Å². The fourth-order valence-corrected chi connectivity index (χ4v) is 0.735. The molecular formula is C7H16N4O. The van der Waals surface area contributed by atoms with Crippen molar-refractivity contribution in [3.8, 4) is 0 Å². The zero-order valence-corrected chi connectivity index (χ0v) is 7.49. The number of rotatable bonds is 8. The van der Waals surface area contributed by atoms with Gasteiger partial charge in [0.25, 0.3) is 0 Å². The van der Waals surface area contributed by atoms with E-state index < -0.39 is 0 Å². The van der Waals surface area contributed by atoms with Crippen LogP contribution in [0.15, 0.2) is 5.11 Å². The van der Waals surface area contributed by atoms with Crippen LogP contribution in [0.1, 0.15) is 12.8 Å². The maximum Gasteiger partial charge on any atom is 0.0478 e. The van der Waals surface area contributed by atoms with E-state index in [1.165, 1.54) is 0 Å². The van der Waals surface area contributed by atoms with E-state index in [0.717, 1.165) is 26.0 Å². The number of azide groups is 1. The molecule has 5 nitrogen and oxygen atoms in total. The Bertz CT molecular complexity index is 133. The number of nitrogens with one attached hydrogen (secondary N) is 1. The molecule has 12 heavy (non-hydrogen) atoms. The van der Waals surface area contributed by atoms with Crippen molar-refractivity contribution >= 4 is 0 Å². The lowest BCUT2D eigenvalue weighted by Crippen LogP contribution is -2.10. The lowest BCUT2D eigenvalue weighted by atomic mass is 10.4. The van der Waals surface area contributed by atoms with Gasteiger partial charge in [0.05, 0.1) is 0 Å². The molecule has 0 fully saturated rings. The molecule has 0 saturated carbocycles. The van der Waals surface area contributed by atoms with Gasteiger partial charge in [-0.15, -0.1) is 0 Å². The molecule has 0 aliphatic heterocycles. The summed E-state index contributed by atoms with van der Waals surface area (Å²) >= 11 is 0. The Hall–Kier alpha value is -0.770. The van der Waals surface area contributed by atoms with E-state index >= 15 is 0 Å². The summed E-state index contributed by atoms with van der Waals surface area (Å²) in [6.45, 7) is 2.97. The van der Waals surface area contributed by atoms with Gasteiger partial charge in [0, 0.05) is 24.7 Å². The van der Waals surface area contributed by atoms with Crippen LogP contribution in [0.3, 0.4) is 0 Å². The topological polar surface area (TPSA) is 70.0 Å². The van der Waals surface area contributed by atoms with Gasteiger partial charge in [0.1, 0.15) is 0 Å². The summed E-state index contributed by atoms with van der Waals surface area (Å²) in [6.07, 6.45) is 1.83. The summed E-state index contributed by atoms with van der Waals surface area (Å²) in [6, 6.07) is 0. The highest BCUT2D eigenvalue weighted by Crippen LogP contribution is 1.86. The summed E-state index contributed by atoms with van der Waals surface area (Å²) in [4.78, 5) is 2.64. The van der Waals surface area contributed by atoms with E-state index in [0.29, 0.717) is 13.2 Å². The highest BCUT2D eigenvalue weighted by molar-refractivity contribution is 4.46. The SMILES string of the molecule is CNCCCOCCCN=[N+]=[N-]. The van der Waals surface area contributed by atoms with Gasteiger partial charge in [-0.2, -0.15) is 0 Å². The van der Waals surface area contributed by atoms with Crippen molar-refractivity contribution in [2.75, 3.05) is 33.4 Å². The van der Waals surface area contributed by atoms with Gasteiger partial charge in [-0.25, -0.2) is 0 Å². The zero-order valence-electron chi connectivity index (χ0n) is 7.49. The first-order valence-electron chi connectivity index (χ1n) is 4.15. The monoisotopic (exact) mass is 172 g/mol. The summed E-state index contributed by atoms with van der Waals surface area (Å²) in [5.74, 6) is 0. The minimum Gasteiger partial charge on any atom is -0.381 e. The van der Waals surface area contributed by atoms with Gasteiger partial charge in [-0.3, -0.25) is 0 Å². The Balaban J connectivity index is 2.86. The summed E-state index contributed by atoms with van der Waals surface area (Å²) in [7, 11) is 1.92. The van der Waals surface area contributed by atoms with Crippen molar-refractivity contribution < 1.29 is 4.74 Å². The second-order valence-corrected chi connectivity index (χ2v) is 2.38. The van der Waals surface area contributed by atoms with Gasteiger partial charge in [-0.1, -0.05) is 5.11 Å². The normalized spacial score (nSPS) is 9.42. The quantitative estimate of drug-likeness (QED) is 0.259. The van der Waals surface area contributed by atoms with Gasteiger partial charge >= 0.3 is 0 Å². The Labute approximate surface area is 72.7 Å². The van der Waals surface area contributed by atoms with Crippen LogP contribution in [0, 0.1) is 0 Å². The molecular weight excluding hydrogens is 156 g/mol. The molecule has 0 saturated heterocycles. The highest BCUT2D eigenvalue weighted by Gasteiger charge is 1.87. The summed E-state index contributed by atoms with van der Waals surface area (Å²) in [5, 5.41) is 6.43. The lowest BCUT2D eigenvalue weighted by Gasteiger charge is -2.01. The molecule has 0 aliphatic rings. The molecule has 5 heteroatoms. The van der Waals surface area contributed by atoms with Crippen LogP contribution in [-0.4, -0.2) is 33.4 Å². The third-order valence-corrected chi connectivity index (χ3v) is 1.33. The van der Waals surface area contributed by atoms with Crippen LogP contribution in [-0.2, 0) is 4.74 Å². The van der Waals surface area contributed by atoms with E-state index in [-0.39, 0.29) is 0 Å². The minimum atomic E-state index is 0.530. The molecule has 0 rings (SSSR count). The van der Waals surface area contributed by atoms with E-state index in [1.807, 2.05) is 7.05 Å². The smallest absolute Gasteiger partial charge is 0.0478 e. The van der Waals surface area contributed by atoms with Crippen LogP contribution in [0.25, 0.3) is 10.4 Å². The number of ether oxygens (including phenoxy) is 1.